The van der Waals surface area contributed by atoms with Gasteiger partial charge in [0.2, 0.25) is 5.91 Å². The molecule has 2 aromatic heterocycles. The number of anilines is 1. The number of hydrogen-bond donors (Lipinski definition) is 0. The lowest BCUT2D eigenvalue weighted by Crippen LogP contribution is -2.49. The van der Waals surface area contributed by atoms with Crippen LogP contribution < -0.4 is 4.90 Å². The number of carbonyl (C=O) groups excluding carboxylic acids is 1. The summed E-state index contributed by atoms with van der Waals surface area (Å²) in [5.41, 5.74) is 3.41. The van der Waals surface area contributed by atoms with Gasteiger partial charge in [-0.1, -0.05) is 48.9 Å². The van der Waals surface area contributed by atoms with Crippen LogP contribution in [0.15, 0.2) is 42.6 Å². The number of pyridine rings is 1. The van der Waals surface area contributed by atoms with Crippen molar-refractivity contribution < 1.29 is 4.79 Å². The van der Waals surface area contributed by atoms with Crippen molar-refractivity contribution in [1.82, 2.24) is 14.9 Å². The van der Waals surface area contributed by atoms with Gasteiger partial charge in [-0.05, 0) is 36.1 Å². The molecular weight excluding hydrogens is 368 g/mol. The molecule has 1 saturated heterocycles. The number of benzene rings is 1. The van der Waals surface area contributed by atoms with E-state index < -0.39 is 0 Å². The van der Waals surface area contributed by atoms with E-state index in [1.165, 1.54) is 18.4 Å². The van der Waals surface area contributed by atoms with Crippen LogP contribution in [-0.2, 0) is 17.6 Å². The second-order valence-electron chi connectivity index (χ2n) is 7.29. The van der Waals surface area contributed by atoms with Crippen molar-refractivity contribution in [3.05, 3.63) is 53.7 Å². The lowest BCUT2D eigenvalue weighted by molar-refractivity contribution is -0.130. The van der Waals surface area contributed by atoms with Crippen molar-refractivity contribution in [2.45, 2.75) is 32.6 Å². The molecule has 4 rings (SSSR count). The highest BCUT2D eigenvalue weighted by Gasteiger charge is 2.23. The van der Waals surface area contributed by atoms with Crippen LogP contribution in [0.3, 0.4) is 0 Å². The molecule has 0 bridgehead atoms. The van der Waals surface area contributed by atoms with E-state index in [-0.39, 0.29) is 5.91 Å². The maximum absolute atomic E-state index is 12.7. The van der Waals surface area contributed by atoms with Gasteiger partial charge >= 0.3 is 0 Å². The zero-order chi connectivity index (χ0) is 19.3. The van der Waals surface area contributed by atoms with Gasteiger partial charge in [0.05, 0.1) is 6.42 Å². The minimum atomic E-state index is 0.215. The van der Waals surface area contributed by atoms with Crippen LogP contribution in [0.2, 0.25) is 0 Å². The Morgan fingerprint density at radius 3 is 2.54 bits per heavy atom. The molecule has 1 aliphatic heterocycles. The Balaban J connectivity index is 1.31. The number of fused-ring (bicyclic) bond motifs is 1. The third-order valence-electron chi connectivity index (χ3n) is 5.26. The summed E-state index contributed by atoms with van der Waals surface area (Å²) in [6.07, 6.45) is 5.83. The average Bonchev–Trinajstić information content (AvgIpc) is 3.18. The van der Waals surface area contributed by atoms with Gasteiger partial charge in [0.25, 0.3) is 0 Å². The zero-order valence-electron chi connectivity index (χ0n) is 16.3. The first-order chi connectivity index (χ1) is 13.7. The van der Waals surface area contributed by atoms with E-state index in [2.05, 4.69) is 46.1 Å². The molecule has 28 heavy (non-hydrogen) atoms. The molecule has 0 unspecified atom stereocenters. The third-order valence-corrected chi connectivity index (χ3v) is 6.30. The van der Waals surface area contributed by atoms with E-state index >= 15 is 0 Å². The number of aryl methyl sites for hydroxylation is 1. The lowest BCUT2D eigenvalue weighted by Gasteiger charge is -2.34. The van der Waals surface area contributed by atoms with Crippen LogP contribution in [-0.4, -0.2) is 47.0 Å². The highest BCUT2D eigenvalue weighted by Crippen LogP contribution is 2.27. The molecule has 0 atom stereocenters. The molecule has 1 fully saturated rings. The van der Waals surface area contributed by atoms with Crippen molar-refractivity contribution in [2.75, 3.05) is 31.1 Å². The van der Waals surface area contributed by atoms with Crippen LogP contribution in [0, 0.1) is 0 Å². The SMILES string of the molecule is CCCCc1ccc(CC(=O)N2CCN(c3nc4cccnc4s3)CC2)cc1. The molecule has 0 aliphatic carbocycles. The quantitative estimate of drug-likeness (QED) is 0.636. The Kier molecular flexibility index (Phi) is 5.86. The Morgan fingerprint density at radius 2 is 1.82 bits per heavy atom. The lowest BCUT2D eigenvalue weighted by atomic mass is 10.0. The van der Waals surface area contributed by atoms with Crippen molar-refractivity contribution in [3.8, 4) is 0 Å². The molecule has 0 radical (unpaired) electrons. The standard InChI is InChI=1S/C22H26N4OS/c1-2-3-5-17-7-9-18(10-8-17)16-20(27)25-12-14-26(15-13-25)22-24-19-6-4-11-23-21(19)28-22/h4,6-11H,2-3,5,12-16H2,1H3. The molecular formula is C22H26N4OS. The number of rotatable bonds is 6. The van der Waals surface area contributed by atoms with Crippen molar-refractivity contribution in [3.63, 3.8) is 0 Å². The summed E-state index contributed by atoms with van der Waals surface area (Å²) < 4.78 is 0. The number of unbranched alkanes of at least 4 members (excludes halogenated alkanes) is 1. The first kappa shape index (κ1) is 18.9. The van der Waals surface area contributed by atoms with Crippen molar-refractivity contribution in [1.29, 1.82) is 0 Å². The second-order valence-corrected chi connectivity index (χ2v) is 8.24. The van der Waals surface area contributed by atoms with E-state index in [1.807, 2.05) is 17.0 Å². The van der Waals surface area contributed by atoms with E-state index in [0.717, 1.165) is 53.6 Å². The summed E-state index contributed by atoms with van der Waals surface area (Å²) in [5, 5.41) is 1.00. The predicted octanol–water partition coefficient (Wildman–Crippen LogP) is 3.93. The molecule has 5 nitrogen and oxygen atoms in total. The summed E-state index contributed by atoms with van der Waals surface area (Å²) in [5.74, 6) is 0.215. The fourth-order valence-corrected chi connectivity index (χ4v) is 4.49. The summed E-state index contributed by atoms with van der Waals surface area (Å²) >= 11 is 1.62. The number of thiazole rings is 1. The summed E-state index contributed by atoms with van der Waals surface area (Å²) in [7, 11) is 0. The van der Waals surface area contributed by atoms with Crippen molar-refractivity contribution in [2.24, 2.45) is 0 Å². The fourth-order valence-electron chi connectivity index (χ4n) is 3.53. The molecule has 1 amide bonds. The van der Waals surface area contributed by atoms with E-state index in [0.29, 0.717) is 6.42 Å². The first-order valence-corrected chi connectivity index (χ1v) is 10.9. The molecule has 1 aromatic carbocycles. The van der Waals surface area contributed by atoms with Crippen molar-refractivity contribution >= 4 is 32.7 Å². The minimum absolute atomic E-state index is 0.215. The Bertz CT molecular complexity index is 896. The van der Waals surface area contributed by atoms with Gasteiger partial charge in [0, 0.05) is 32.4 Å². The number of nitrogens with zero attached hydrogens (tertiary/aromatic N) is 4. The molecule has 3 heterocycles. The van der Waals surface area contributed by atoms with Crippen LogP contribution in [0.1, 0.15) is 30.9 Å². The molecule has 0 N–H and O–H groups in total. The normalized spacial score (nSPS) is 14.6. The topological polar surface area (TPSA) is 49.3 Å². The highest BCUT2D eigenvalue weighted by molar-refractivity contribution is 7.21. The summed E-state index contributed by atoms with van der Waals surface area (Å²) in [4.78, 5) is 27.0. The Morgan fingerprint density at radius 1 is 1.07 bits per heavy atom. The minimum Gasteiger partial charge on any atom is -0.344 e. The van der Waals surface area contributed by atoms with Gasteiger partial charge in [-0.2, -0.15) is 0 Å². The molecule has 0 saturated carbocycles. The van der Waals surface area contributed by atoms with Gasteiger partial charge < -0.3 is 9.80 Å². The molecule has 1 aliphatic rings. The number of amides is 1. The Hall–Kier alpha value is -2.47. The molecule has 146 valence electrons. The zero-order valence-corrected chi connectivity index (χ0v) is 17.1. The van der Waals surface area contributed by atoms with Gasteiger partial charge in [-0.3, -0.25) is 4.79 Å². The van der Waals surface area contributed by atoms with E-state index in [4.69, 9.17) is 0 Å². The third kappa shape index (κ3) is 4.33. The number of hydrogen-bond acceptors (Lipinski definition) is 5. The smallest absolute Gasteiger partial charge is 0.227 e. The maximum atomic E-state index is 12.7. The highest BCUT2D eigenvalue weighted by atomic mass is 32.1. The largest absolute Gasteiger partial charge is 0.344 e. The van der Waals surface area contributed by atoms with Crippen LogP contribution in [0.25, 0.3) is 10.3 Å². The van der Waals surface area contributed by atoms with Crippen LogP contribution in [0.4, 0.5) is 5.13 Å². The summed E-state index contributed by atoms with van der Waals surface area (Å²) in [6, 6.07) is 12.4. The maximum Gasteiger partial charge on any atom is 0.227 e. The molecule has 3 aromatic rings. The van der Waals surface area contributed by atoms with E-state index in [1.54, 1.807) is 17.5 Å². The van der Waals surface area contributed by atoms with E-state index in [9.17, 15) is 4.79 Å². The molecule has 6 heteroatoms. The fraction of sp³-hybridized carbons (Fsp3) is 0.409. The summed E-state index contributed by atoms with van der Waals surface area (Å²) in [6.45, 7) is 5.34. The van der Waals surface area contributed by atoms with Gasteiger partial charge in [-0.25, -0.2) is 9.97 Å². The van der Waals surface area contributed by atoms with Crippen LogP contribution in [0.5, 0.6) is 0 Å². The van der Waals surface area contributed by atoms with Gasteiger partial charge in [-0.15, -0.1) is 0 Å². The number of aromatic nitrogens is 2. The second kappa shape index (κ2) is 8.69. The average molecular weight is 395 g/mol. The van der Waals surface area contributed by atoms with Crippen LogP contribution >= 0.6 is 11.3 Å². The number of carbonyl (C=O) groups is 1. The predicted molar refractivity (Wildman–Crippen MR) is 115 cm³/mol. The molecule has 0 spiro atoms. The number of piperazine rings is 1. The Labute approximate surface area is 170 Å². The first-order valence-electron chi connectivity index (χ1n) is 10.0. The van der Waals surface area contributed by atoms with Gasteiger partial charge in [0.15, 0.2) is 5.13 Å². The van der Waals surface area contributed by atoms with Gasteiger partial charge in [0.1, 0.15) is 10.3 Å². The monoisotopic (exact) mass is 394 g/mol.